The van der Waals surface area contributed by atoms with Crippen molar-refractivity contribution in [2.45, 2.75) is 51.4 Å². The van der Waals surface area contributed by atoms with E-state index in [1.165, 1.54) is 6.92 Å². The summed E-state index contributed by atoms with van der Waals surface area (Å²) in [6, 6.07) is -3.24. The van der Waals surface area contributed by atoms with Crippen LogP contribution in [0.1, 0.15) is 27.2 Å². The number of rotatable bonds is 9. The Morgan fingerprint density at radius 2 is 1.59 bits per heavy atom. The molecule has 0 saturated carbocycles. The van der Waals surface area contributed by atoms with Crippen LogP contribution >= 0.6 is 12.6 Å². The predicted molar refractivity (Wildman–Crippen MR) is 84.5 cm³/mol. The Hall–Kier alpha value is -1.32. The van der Waals surface area contributed by atoms with Crippen LogP contribution < -0.4 is 16.4 Å². The molecule has 0 aliphatic rings. The highest BCUT2D eigenvalue weighted by molar-refractivity contribution is 7.80. The second kappa shape index (κ2) is 9.65. The quantitative estimate of drug-likeness (QED) is 0.290. The lowest BCUT2D eigenvalue weighted by atomic mass is 10.0. The van der Waals surface area contributed by atoms with Gasteiger partial charge in [-0.2, -0.15) is 12.6 Å². The first-order chi connectivity index (χ1) is 10.1. The number of amides is 2. The van der Waals surface area contributed by atoms with E-state index < -0.39 is 42.0 Å². The van der Waals surface area contributed by atoms with Crippen molar-refractivity contribution in [3.63, 3.8) is 0 Å². The molecule has 0 aromatic heterocycles. The second-order valence-electron chi connectivity index (χ2n) is 5.54. The lowest BCUT2D eigenvalue weighted by molar-refractivity contribution is -0.141. The zero-order valence-electron chi connectivity index (χ0n) is 12.9. The number of carboxylic acids is 1. The maximum Gasteiger partial charge on any atom is 0.327 e. The minimum atomic E-state index is -1.21. The normalized spacial score (nSPS) is 16.5. The molecule has 0 bridgehead atoms. The van der Waals surface area contributed by atoms with Crippen LogP contribution in [-0.4, -0.2) is 58.0 Å². The summed E-state index contributed by atoms with van der Waals surface area (Å²) in [5.41, 5.74) is 5.51. The summed E-state index contributed by atoms with van der Waals surface area (Å²) in [6.07, 6.45) is -0.754. The molecular formula is C13H25N3O5S. The highest BCUT2D eigenvalue weighted by atomic mass is 32.1. The zero-order valence-corrected chi connectivity index (χ0v) is 13.8. The molecule has 0 heterocycles. The van der Waals surface area contributed by atoms with E-state index in [1.54, 1.807) is 0 Å². The molecule has 0 unspecified atom stereocenters. The number of aliphatic hydroxyl groups is 1. The van der Waals surface area contributed by atoms with Crippen LogP contribution in [0.5, 0.6) is 0 Å². The van der Waals surface area contributed by atoms with E-state index in [4.69, 9.17) is 10.8 Å². The van der Waals surface area contributed by atoms with Crippen molar-refractivity contribution in [3.8, 4) is 0 Å². The molecule has 8 nitrogen and oxygen atoms in total. The van der Waals surface area contributed by atoms with Crippen molar-refractivity contribution in [1.82, 2.24) is 10.6 Å². The monoisotopic (exact) mass is 335 g/mol. The fourth-order valence-electron chi connectivity index (χ4n) is 1.65. The maximum absolute atomic E-state index is 12.2. The minimum absolute atomic E-state index is 0.0728. The van der Waals surface area contributed by atoms with E-state index in [2.05, 4.69) is 23.3 Å². The van der Waals surface area contributed by atoms with Gasteiger partial charge in [0.25, 0.3) is 0 Å². The van der Waals surface area contributed by atoms with Crippen molar-refractivity contribution in [2.75, 3.05) is 5.75 Å². The Morgan fingerprint density at radius 1 is 1.09 bits per heavy atom. The summed E-state index contributed by atoms with van der Waals surface area (Å²) < 4.78 is 0. The summed E-state index contributed by atoms with van der Waals surface area (Å²) >= 11 is 3.86. The van der Waals surface area contributed by atoms with E-state index in [1.807, 2.05) is 13.8 Å². The molecule has 0 spiro atoms. The van der Waals surface area contributed by atoms with Gasteiger partial charge in [0.2, 0.25) is 11.8 Å². The predicted octanol–water partition coefficient (Wildman–Crippen LogP) is -1.28. The summed E-state index contributed by atoms with van der Waals surface area (Å²) in [7, 11) is 0. The van der Waals surface area contributed by atoms with Gasteiger partial charge in [0.15, 0.2) is 0 Å². The van der Waals surface area contributed by atoms with Gasteiger partial charge in [0.1, 0.15) is 18.1 Å². The standard InChI is InChI=1S/C13H25N3O5S/c1-6(2)4-8(15-12(19)10(14)7(3)17)11(18)16-9(5-22)13(20)21/h6-10,17,22H,4-5,14H2,1-3H3,(H,15,19)(H,16,18)(H,20,21)/t7-,8+,9+,10+/m1/s1. The van der Waals surface area contributed by atoms with Crippen molar-refractivity contribution in [2.24, 2.45) is 11.7 Å². The Kier molecular flexibility index (Phi) is 9.07. The summed E-state index contributed by atoms with van der Waals surface area (Å²) in [4.78, 5) is 34.9. The van der Waals surface area contributed by atoms with Crippen molar-refractivity contribution >= 4 is 30.4 Å². The van der Waals surface area contributed by atoms with Crippen LogP contribution in [0.2, 0.25) is 0 Å². The Balaban J connectivity index is 4.93. The third-order valence-corrected chi connectivity index (χ3v) is 3.32. The van der Waals surface area contributed by atoms with E-state index in [0.29, 0.717) is 6.42 Å². The molecular weight excluding hydrogens is 310 g/mol. The molecule has 0 aliphatic heterocycles. The number of nitrogens with two attached hydrogens (primary N) is 1. The SMILES string of the molecule is CC(C)C[C@H](NC(=O)[C@@H](N)[C@@H](C)O)C(=O)N[C@@H](CS)C(=O)O. The molecule has 0 aromatic rings. The molecule has 0 rings (SSSR count). The minimum Gasteiger partial charge on any atom is -0.480 e. The average molecular weight is 335 g/mol. The van der Waals surface area contributed by atoms with Crippen LogP contribution in [0, 0.1) is 5.92 Å². The Labute approximate surface area is 135 Å². The van der Waals surface area contributed by atoms with Crippen molar-refractivity contribution in [3.05, 3.63) is 0 Å². The highest BCUT2D eigenvalue weighted by Gasteiger charge is 2.29. The van der Waals surface area contributed by atoms with Gasteiger partial charge in [0.05, 0.1) is 6.10 Å². The number of nitrogens with one attached hydrogen (secondary N) is 2. The van der Waals surface area contributed by atoms with Crippen LogP contribution in [0.25, 0.3) is 0 Å². The van der Waals surface area contributed by atoms with Gasteiger partial charge in [-0.1, -0.05) is 13.8 Å². The maximum atomic E-state index is 12.2. The summed E-state index contributed by atoms with van der Waals surface area (Å²) in [5.74, 6) is -2.50. The number of aliphatic carboxylic acids is 1. The number of hydrogen-bond donors (Lipinski definition) is 6. The van der Waals surface area contributed by atoms with Crippen molar-refractivity contribution in [1.29, 1.82) is 0 Å². The van der Waals surface area contributed by atoms with Gasteiger partial charge >= 0.3 is 5.97 Å². The van der Waals surface area contributed by atoms with E-state index in [-0.39, 0.29) is 11.7 Å². The first-order valence-electron chi connectivity index (χ1n) is 6.98. The fourth-order valence-corrected chi connectivity index (χ4v) is 1.90. The lowest BCUT2D eigenvalue weighted by Crippen LogP contribution is -2.56. The van der Waals surface area contributed by atoms with E-state index in [9.17, 15) is 19.5 Å². The Bertz CT molecular complexity index is 403. The number of hydrogen-bond acceptors (Lipinski definition) is 6. The topological polar surface area (TPSA) is 142 Å². The van der Waals surface area contributed by atoms with Gasteiger partial charge in [-0.15, -0.1) is 0 Å². The summed E-state index contributed by atoms with van der Waals surface area (Å²) in [5, 5.41) is 23.0. The summed E-state index contributed by atoms with van der Waals surface area (Å²) in [6.45, 7) is 5.08. The van der Waals surface area contributed by atoms with Crippen molar-refractivity contribution < 1.29 is 24.6 Å². The molecule has 4 atom stereocenters. The largest absolute Gasteiger partial charge is 0.480 e. The molecule has 128 valence electrons. The molecule has 0 radical (unpaired) electrons. The van der Waals surface area contributed by atoms with Crippen LogP contribution in [0.3, 0.4) is 0 Å². The zero-order chi connectivity index (χ0) is 17.4. The third kappa shape index (κ3) is 7.10. The molecule has 9 heteroatoms. The fraction of sp³-hybridized carbons (Fsp3) is 0.769. The van der Waals surface area contributed by atoms with Crippen LogP contribution in [0.4, 0.5) is 0 Å². The molecule has 6 N–H and O–H groups in total. The molecule has 0 saturated heterocycles. The number of thiol groups is 1. The van der Waals surface area contributed by atoms with Crippen LogP contribution in [0.15, 0.2) is 0 Å². The average Bonchev–Trinajstić information content (AvgIpc) is 2.41. The molecule has 22 heavy (non-hydrogen) atoms. The molecule has 0 fully saturated rings. The molecule has 0 aromatic carbocycles. The van der Waals surface area contributed by atoms with Gasteiger partial charge in [0, 0.05) is 5.75 Å². The molecule has 2 amide bonds. The molecule has 0 aliphatic carbocycles. The number of carbonyl (C=O) groups is 3. The van der Waals surface area contributed by atoms with E-state index in [0.717, 1.165) is 0 Å². The smallest absolute Gasteiger partial charge is 0.327 e. The van der Waals surface area contributed by atoms with Gasteiger partial charge in [-0.25, -0.2) is 4.79 Å². The number of carboxylic acid groups (broad SMARTS) is 1. The highest BCUT2D eigenvalue weighted by Crippen LogP contribution is 2.06. The number of aliphatic hydroxyl groups excluding tert-OH is 1. The lowest BCUT2D eigenvalue weighted by Gasteiger charge is -2.24. The number of carbonyl (C=O) groups excluding carboxylic acids is 2. The first kappa shape index (κ1) is 20.7. The second-order valence-corrected chi connectivity index (χ2v) is 5.90. The third-order valence-electron chi connectivity index (χ3n) is 2.96. The Morgan fingerprint density at radius 3 is 1.95 bits per heavy atom. The first-order valence-corrected chi connectivity index (χ1v) is 7.61. The van der Waals surface area contributed by atoms with Gasteiger partial charge in [-0.3, -0.25) is 9.59 Å². The van der Waals surface area contributed by atoms with Gasteiger partial charge in [-0.05, 0) is 19.3 Å². The van der Waals surface area contributed by atoms with Crippen LogP contribution in [-0.2, 0) is 14.4 Å². The van der Waals surface area contributed by atoms with Gasteiger partial charge < -0.3 is 26.6 Å². The van der Waals surface area contributed by atoms with E-state index >= 15 is 0 Å².